The maximum Gasteiger partial charge on any atom is 0.425 e. The van der Waals surface area contributed by atoms with Gasteiger partial charge >= 0.3 is 6.18 Å². The first-order valence-corrected chi connectivity index (χ1v) is 5.93. The Balaban J connectivity index is 2.60. The summed E-state index contributed by atoms with van der Waals surface area (Å²) in [6.45, 7) is 2.92. The molecular weight excluding hydrogens is 285 g/mol. The van der Waals surface area contributed by atoms with Crippen LogP contribution in [0.1, 0.15) is 12.5 Å². The van der Waals surface area contributed by atoms with Crippen molar-refractivity contribution in [2.24, 2.45) is 0 Å². The van der Waals surface area contributed by atoms with E-state index in [9.17, 15) is 18.0 Å². The minimum absolute atomic E-state index is 0.125. The number of carbonyl (C=O) groups is 1. The first kappa shape index (κ1) is 14.8. The van der Waals surface area contributed by atoms with Crippen molar-refractivity contribution in [2.75, 3.05) is 5.32 Å². The Morgan fingerprint density at radius 3 is 2.62 bits per heavy atom. The van der Waals surface area contributed by atoms with Crippen molar-refractivity contribution in [1.82, 2.24) is 10.3 Å². The van der Waals surface area contributed by atoms with Crippen LogP contribution in [0.5, 0.6) is 0 Å². The van der Waals surface area contributed by atoms with Crippen molar-refractivity contribution in [3.05, 3.63) is 35.2 Å². The van der Waals surface area contributed by atoms with Gasteiger partial charge in [0, 0.05) is 11.9 Å². The summed E-state index contributed by atoms with van der Waals surface area (Å²) in [5, 5.41) is 13.2. The zero-order valence-electron chi connectivity index (χ0n) is 11.2. The van der Waals surface area contributed by atoms with Crippen LogP contribution in [0.15, 0.2) is 29.6 Å². The lowest BCUT2D eigenvalue weighted by Crippen LogP contribution is -2.59. The molecule has 1 aliphatic rings. The van der Waals surface area contributed by atoms with E-state index in [4.69, 9.17) is 5.26 Å². The molecule has 1 atom stereocenters. The van der Waals surface area contributed by atoms with Gasteiger partial charge in [-0.15, -0.1) is 0 Å². The number of hydrogen-bond donors (Lipinski definition) is 2. The smallest absolute Gasteiger partial charge is 0.344 e. The molecular formula is C13H11F3N4O. The normalized spacial score (nSPS) is 22.0. The van der Waals surface area contributed by atoms with E-state index in [2.05, 4.69) is 15.6 Å². The fraction of sp³-hybridized carbons (Fsp3) is 0.308. The lowest BCUT2D eigenvalue weighted by Gasteiger charge is -2.30. The molecule has 1 aromatic heterocycles. The van der Waals surface area contributed by atoms with Gasteiger partial charge in [-0.1, -0.05) is 0 Å². The Hall–Kier alpha value is -2.56. The lowest BCUT2D eigenvalue weighted by atomic mass is 9.90. The molecule has 0 unspecified atom stereocenters. The summed E-state index contributed by atoms with van der Waals surface area (Å²) < 4.78 is 40.6. The first-order valence-electron chi connectivity index (χ1n) is 5.93. The van der Waals surface area contributed by atoms with Crippen molar-refractivity contribution in [3.63, 3.8) is 0 Å². The van der Waals surface area contributed by atoms with Crippen molar-refractivity contribution in [2.45, 2.75) is 25.6 Å². The number of nitrogens with zero attached hydrogens (tertiary/aromatic N) is 2. The molecule has 1 aliphatic heterocycles. The van der Waals surface area contributed by atoms with Crippen LogP contribution in [0.2, 0.25) is 0 Å². The third kappa shape index (κ3) is 2.20. The molecule has 21 heavy (non-hydrogen) atoms. The van der Waals surface area contributed by atoms with Crippen LogP contribution in [0.3, 0.4) is 0 Å². The van der Waals surface area contributed by atoms with E-state index in [1.54, 1.807) is 13.0 Å². The number of nitrogens with one attached hydrogen (secondary N) is 2. The fourth-order valence-electron chi connectivity index (χ4n) is 2.15. The van der Waals surface area contributed by atoms with Crippen molar-refractivity contribution in [1.29, 1.82) is 5.26 Å². The Labute approximate surface area is 118 Å². The predicted octanol–water partition coefficient (Wildman–Crippen LogP) is 2.03. The number of hydrogen-bond acceptors (Lipinski definition) is 4. The number of aryl methyl sites for hydroxylation is 1. The Morgan fingerprint density at radius 2 is 2.10 bits per heavy atom. The van der Waals surface area contributed by atoms with Crippen LogP contribution in [0, 0.1) is 18.3 Å². The number of anilines is 1. The summed E-state index contributed by atoms with van der Waals surface area (Å²) in [4.78, 5) is 15.7. The van der Waals surface area contributed by atoms with Crippen LogP contribution >= 0.6 is 0 Å². The van der Waals surface area contributed by atoms with E-state index in [1.165, 1.54) is 25.3 Å². The molecule has 0 radical (unpaired) electrons. The van der Waals surface area contributed by atoms with Crippen molar-refractivity contribution >= 4 is 11.7 Å². The largest absolute Gasteiger partial charge is 0.425 e. The number of pyridine rings is 1. The molecule has 8 heteroatoms. The third-order valence-electron chi connectivity index (χ3n) is 3.16. The topological polar surface area (TPSA) is 77.8 Å². The van der Waals surface area contributed by atoms with Gasteiger partial charge in [0.15, 0.2) is 0 Å². The summed E-state index contributed by atoms with van der Waals surface area (Å²) in [6, 6.07) is 4.43. The molecule has 0 saturated carbocycles. The Morgan fingerprint density at radius 1 is 1.43 bits per heavy atom. The number of carbonyl (C=O) groups excluding carboxylic acids is 1. The molecule has 1 aromatic rings. The van der Waals surface area contributed by atoms with Gasteiger partial charge in [0.2, 0.25) is 0 Å². The highest BCUT2D eigenvalue weighted by atomic mass is 19.4. The third-order valence-corrected chi connectivity index (χ3v) is 3.16. The highest BCUT2D eigenvalue weighted by Gasteiger charge is 2.67. The lowest BCUT2D eigenvalue weighted by molar-refractivity contribution is -0.174. The highest BCUT2D eigenvalue weighted by molar-refractivity contribution is 6.00. The van der Waals surface area contributed by atoms with E-state index in [0.717, 1.165) is 0 Å². The van der Waals surface area contributed by atoms with Gasteiger partial charge in [-0.25, -0.2) is 4.98 Å². The molecule has 2 N–H and O–H groups in total. The van der Waals surface area contributed by atoms with Crippen LogP contribution in [0.4, 0.5) is 19.0 Å². The van der Waals surface area contributed by atoms with E-state index in [1.807, 2.05) is 0 Å². The summed E-state index contributed by atoms with van der Waals surface area (Å²) in [6.07, 6.45) is -3.68. The zero-order valence-corrected chi connectivity index (χ0v) is 11.2. The molecule has 5 nitrogen and oxygen atoms in total. The van der Waals surface area contributed by atoms with Crippen LogP contribution in [0.25, 0.3) is 0 Å². The Kier molecular flexibility index (Phi) is 3.37. The molecule has 2 heterocycles. The van der Waals surface area contributed by atoms with Crippen LogP contribution in [-0.4, -0.2) is 22.6 Å². The molecule has 110 valence electrons. The second-order valence-corrected chi connectivity index (χ2v) is 4.66. The van der Waals surface area contributed by atoms with E-state index >= 15 is 0 Å². The number of nitriles is 1. The predicted molar refractivity (Wildman–Crippen MR) is 67.8 cm³/mol. The summed E-state index contributed by atoms with van der Waals surface area (Å²) in [5.74, 6) is -1.47. The molecule has 0 fully saturated rings. The Bertz CT molecular complexity index is 675. The number of alkyl halides is 3. The maximum absolute atomic E-state index is 13.5. The number of amides is 1. The monoisotopic (exact) mass is 296 g/mol. The molecule has 0 spiro atoms. The number of allylic oxidation sites excluding steroid dienone is 1. The van der Waals surface area contributed by atoms with E-state index < -0.39 is 23.2 Å². The second-order valence-electron chi connectivity index (χ2n) is 4.66. The minimum Gasteiger partial charge on any atom is -0.344 e. The standard InChI is InChI=1S/C13H11F3N4O/c1-7-3-4-18-10(5-7)20-12(13(14,15)16)9(6-17)8(2)19-11(12)21/h3-5H,1-2H3,(H,18,20)(H,19,21)/t12-/m0/s1. The van der Waals surface area contributed by atoms with E-state index in [-0.39, 0.29) is 11.5 Å². The first-order chi connectivity index (χ1) is 9.72. The molecule has 1 amide bonds. The minimum atomic E-state index is -4.99. The number of halogens is 3. The van der Waals surface area contributed by atoms with Crippen LogP contribution in [-0.2, 0) is 4.79 Å². The van der Waals surface area contributed by atoms with Gasteiger partial charge < -0.3 is 10.6 Å². The number of rotatable bonds is 2. The average Bonchev–Trinajstić information content (AvgIpc) is 2.60. The SMILES string of the molecule is CC1=C(C#N)[C@@](Nc2cc(C)ccn2)(C(F)(F)F)C(=O)N1. The fourth-order valence-corrected chi connectivity index (χ4v) is 2.15. The summed E-state index contributed by atoms with van der Waals surface area (Å²) in [5.41, 5.74) is -3.28. The quantitative estimate of drug-likeness (QED) is 0.875. The van der Waals surface area contributed by atoms with Gasteiger partial charge in [-0.05, 0) is 31.5 Å². The van der Waals surface area contributed by atoms with Crippen molar-refractivity contribution < 1.29 is 18.0 Å². The molecule has 0 aliphatic carbocycles. The average molecular weight is 296 g/mol. The second kappa shape index (κ2) is 4.77. The molecule has 0 bridgehead atoms. The van der Waals surface area contributed by atoms with Crippen LogP contribution < -0.4 is 10.6 Å². The van der Waals surface area contributed by atoms with Gasteiger partial charge in [-0.3, -0.25) is 4.79 Å². The summed E-state index contributed by atoms with van der Waals surface area (Å²) >= 11 is 0. The van der Waals surface area contributed by atoms with Gasteiger partial charge in [0.1, 0.15) is 5.82 Å². The van der Waals surface area contributed by atoms with Gasteiger partial charge in [0.05, 0.1) is 11.6 Å². The maximum atomic E-state index is 13.5. The van der Waals surface area contributed by atoms with Gasteiger partial charge in [-0.2, -0.15) is 18.4 Å². The van der Waals surface area contributed by atoms with Gasteiger partial charge in [0.25, 0.3) is 11.4 Å². The summed E-state index contributed by atoms with van der Waals surface area (Å²) in [7, 11) is 0. The highest BCUT2D eigenvalue weighted by Crippen LogP contribution is 2.42. The molecule has 0 saturated heterocycles. The molecule has 0 aromatic carbocycles. The molecule has 2 rings (SSSR count). The zero-order chi connectivity index (χ0) is 15.8. The van der Waals surface area contributed by atoms with E-state index in [0.29, 0.717) is 5.56 Å². The van der Waals surface area contributed by atoms with Crippen molar-refractivity contribution in [3.8, 4) is 6.07 Å². The number of aromatic nitrogens is 1.